The first-order valence-electron chi connectivity index (χ1n) is 12.9. The molecule has 0 bridgehead atoms. The van der Waals surface area contributed by atoms with Gasteiger partial charge in [0.25, 0.3) is 0 Å². The Hall–Kier alpha value is -1.47. The van der Waals surface area contributed by atoms with Crippen molar-refractivity contribution in [2.75, 3.05) is 59.7 Å². The lowest BCUT2D eigenvalue weighted by molar-refractivity contribution is -0.134. The third kappa shape index (κ3) is 16.7. The molecule has 1 aromatic carbocycles. The molecule has 0 unspecified atom stereocenters. The molecule has 1 aromatic rings. The molecular weight excluding hydrogens is 414 g/mol. The van der Waals surface area contributed by atoms with Crippen LogP contribution in [0.25, 0.3) is 0 Å². The Morgan fingerprint density at radius 3 is 1.85 bits per heavy atom. The maximum absolute atomic E-state index is 12.3. The molecule has 0 saturated carbocycles. The lowest BCUT2D eigenvalue weighted by Gasteiger charge is -2.34. The smallest absolute Gasteiger partial charge is 0.224 e. The molecule has 6 heteroatoms. The van der Waals surface area contributed by atoms with E-state index in [4.69, 9.17) is 9.47 Å². The van der Waals surface area contributed by atoms with Gasteiger partial charge in [0.15, 0.2) is 0 Å². The highest BCUT2D eigenvalue weighted by Gasteiger charge is 2.20. The largest absolute Gasteiger partial charge is 0.379 e. The second-order valence-corrected chi connectivity index (χ2v) is 8.39. The van der Waals surface area contributed by atoms with Crippen LogP contribution < -0.4 is 5.32 Å². The van der Waals surface area contributed by atoms with Gasteiger partial charge in [0, 0.05) is 45.9 Å². The molecule has 1 N–H and O–H groups in total. The summed E-state index contributed by atoms with van der Waals surface area (Å²) in [7, 11) is 1.96. The molecule has 1 fully saturated rings. The van der Waals surface area contributed by atoms with Crippen molar-refractivity contribution in [2.24, 2.45) is 0 Å². The van der Waals surface area contributed by atoms with Gasteiger partial charge in [-0.3, -0.25) is 9.69 Å². The van der Waals surface area contributed by atoms with Crippen molar-refractivity contribution >= 4 is 5.91 Å². The molecule has 1 saturated heterocycles. The number of rotatable bonds is 12. The van der Waals surface area contributed by atoms with E-state index in [-0.39, 0.29) is 5.91 Å². The monoisotopic (exact) mass is 465 g/mol. The predicted octanol–water partition coefficient (Wildman–Crippen LogP) is 4.72. The highest BCUT2D eigenvalue weighted by Crippen LogP contribution is 2.11. The Morgan fingerprint density at radius 1 is 0.818 bits per heavy atom. The molecule has 33 heavy (non-hydrogen) atoms. The van der Waals surface area contributed by atoms with Crippen LogP contribution >= 0.6 is 0 Å². The van der Waals surface area contributed by atoms with Crippen molar-refractivity contribution < 1.29 is 14.3 Å². The van der Waals surface area contributed by atoms with Gasteiger partial charge < -0.3 is 19.7 Å². The van der Waals surface area contributed by atoms with E-state index in [0.717, 1.165) is 52.3 Å². The van der Waals surface area contributed by atoms with Crippen molar-refractivity contribution in [3.05, 3.63) is 35.4 Å². The molecule has 0 spiro atoms. The highest BCUT2D eigenvalue weighted by molar-refractivity contribution is 5.76. The van der Waals surface area contributed by atoms with E-state index in [0.29, 0.717) is 26.2 Å². The minimum atomic E-state index is 0.195. The van der Waals surface area contributed by atoms with Crippen LogP contribution in [0.4, 0.5) is 0 Å². The van der Waals surface area contributed by atoms with E-state index in [1.165, 1.54) is 24.0 Å². The Balaban J connectivity index is 0.00000154. The fourth-order valence-corrected chi connectivity index (χ4v) is 3.16. The van der Waals surface area contributed by atoms with Crippen LogP contribution in [-0.2, 0) is 27.4 Å². The van der Waals surface area contributed by atoms with Crippen LogP contribution in [-0.4, -0.2) is 75.4 Å². The number of hydrogen-bond donors (Lipinski definition) is 1. The summed E-state index contributed by atoms with van der Waals surface area (Å²) in [5, 5.41) is 3.17. The highest BCUT2D eigenvalue weighted by atomic mass is 16.5. The van der Waals surface area contributed by atoms with Gasteiger partial charge >= 0.3 is 0 Å². The van der Waals surface area contributed by atoms with E-state index >= 15 is 0 Å². The Bertz CT molecular complexity index is 556. The number of amides is 1. The second-order valence-electron chi connectivity index (χ2n) is 8.39. The maximum Gasteiger partial charge on any atom is 0.224 e. The molecule has 0 radical (unpaired) electrons. The van der Waals surface area contributed by atoms with Gasteiger partial charge in [-0.05, 0) is 24.6 Å². The van der Waals surface area contributed by atoms with E-state index in [1.807, 2.05) is 11.9 Å². The molecule has 1 amide bonds. The number of ether oxygens (including phenoxy) is 2. The average Bonchev–Trinajstić information content (AvgIpc) is 2.81. The third-order valence-corrected chi connectivity index (χ3v) is 4.72. The summed E-state index contributed by atoms with van der Waals surface area (Å²) in [5.74, 6) is 0.195. The summed E-state index contributed by atoms with van der Waals surface area (Å²) in [6, 6.07) is 8.76. The molecule has 0 atom stereocenters. The zero-order valence-corrected chi connectivity index (χ0v) is 22.3. The van der Waals surface area contributed by atoms with E-state index in [1.54, 1.807) is 0 Å². The summed E-state index contributed by atoms with van der Waals surface area (Å²) in [6.45, 7) is 18.3. The van der Waals surface area contributed by atoms with Gasteiger partial charge in [-0.2, -0.15) is 0 Å². The number of carbonyl (C=O) groups excluding carboxylic acids is 1. The zero-order chi connectivity index (χ0) is 24.7. The van der Waals surface area contributed by atoms with E-state index in [2.05, 4.69) is 69.1 Å². The van der Waals surface area contributed by atoms with Gasteiger partial charge in [0.05, 0.1) is 26.2 Å². The van der Waals surface area contributed by atoms with Crippen molar-refractivity contribution in [3.8, 4) is 0 Å². The molecule has 0 aromatic heterocycles. The number of piperazine rings is 1. The first kappa shape index (κ1) is 31.5. The van der Waals surface area contributed by atoms with Crippen LogP contribution in [0.5, 0.6) is 0 Å². The molecule has 192 valence electrons. The summed E-state index contributed by atoms with van der Waals surface area (Å²) < 4.78 is 10.8. The average molecular weight is 466 g/mol. The molecule has 6 nitrogen and oxygen atoms in total. The van der Waals surface area contributed by atoms with Crippen LogP contribution in [0, 0.1) is 0 Å². The van der Waals surface area contributed by atoms with Gasteiger partial charge in [-0.15, -0.1) is 0 Å². The zero-order valence-electron chi connectivity index (χ0n) is 22.3. The molecule has 1 aliphatic heterocycles. The first-order chi connectivity index (χ1) is 16.1. The molecule has 1 aliphatic rings. The summed E-state index contributed by atoms with van der Waals surface area (Å²) in [6.07, 6.45) is 3.98. The number of benzene rings is 1. The van der Waals surface area contributed by atoms with Crippen LogP contribution in [0.1, 0.15) is 71.4 Å². The second kappa shape index (κ2) is 22.3. The summed E-state index contributed by atoms with van der Waals surface area (Å²) in [5.41, 5.74) is 2.63. The number of carbonyl (C=O) groups is 1. The lowest BCUT2D eigenvalue weighted by atomic mass is 10.1. The van der Waals surface area contributed by atoms with E-state index < -0.39 is 0 Å². The number of hydrogen-bond acceptors (Lipinski definition) is 5. The number of nitrogens with zero attached hydrogens (tertiary/aromatic N) is 2. The quantitative estimate of drug-likeness (QED) is 0.453. The van der Waals surface area contributed by atoms with Gasteiger partial charge in [-0.1, -0.05) is 71.7 Å². The topological polar surface area (TPSA) is 54.0 Å². The SMILES string of the molecule is CCC.CCC.CCCOCCOCCC(=O)N1CCN(Cc2ccc(CNC)cc2)CC1. The lowest BCUT2D eigenvalue weighted by Crippen LogP contribution is -2.48. The van der Waals surface area contributed by atoms with Crippen LogP contribution in [0.2, 0.25) is 0 Å². The predicted molar refractivity (Wildman–Crippen MR) is 140 cm³/mol. The van der Waals surface area contributed by atoms with Crippen molar-refractivity contribution in [3.63, 3.8) is 0 Å². The van der Waals surface area contributed by atoms with Crippen LogP contribution in [0.15, 0.2) is 24.3 Å². The fraction of sp³-hybridized carbons (Fsp3) is 0.741. The molecule has 0 aliphatic carbocycles. The van der Waals surface area contributed by atoms with Gasteiger partial charge in [0.1, 0.15) is 0 Å². The standard InChI is InChI=1S/C21H35N3O3.2C3H8/c1-3-13-26-15-16-27-14-8-21(25)24-11-9-23(10-12-24)18-20-6-4-19(5-7-20)17-22-2;2*1-3-2/h4-7,22H,3,8-18H2,1-2H3;2*3H2,1-2H3. The molecule has 1 heterocycles. The summed E-state index contributed by atoms with van der Waals surface area (Å²) >= 11 is 0. The fourth-order valence-electron chi connectivity index (χ4n) is 3.16. The Labute approximate surface area is 204 Å². The Kier molecular flexibility index (Phi) is 21.3. The van der Waals surface area contributed by atoms with Gasteiger partial charge in [-0.25, -0.2) is 0 Å². The molecular formula is C27H51N3O3. The van der Waals surface area contributed by atoms with Gasteiger partial charge in [0.2, 0.25) is 5.91 Å². The van der Waals surface area contributed by atoms with Crippen LogP contribution in [0.3, 0.4) is 0 Å². The minimum absolute atomic E-state index is 0.195. The normalized spacial score (nSPS) is 13.6. The minimum Gasteiger partial charge on any atom is -0.379 e. The van der Waals surface area contributed by atoms with E-state index in [9.17, 15) is 4.79 Å². The molecule has 2 rings (SSSR count). The number of nitrogens with one attached hydrogen (secondary N) is 1. The van der Waals surface area contributed by atoms with Crippen molar-refractivity contribution in [2.45, 2.75) is 73.4 Å². The van der Waals surface area contributed by atoms with Crippen molar-refractivity contribution in [1.29, 1.82) is 0 Å². The van der Waals surface area contributed by atoms with Crippen molar-refractivity contribution in [1.82, 2.24) is 15.1 Å². The first-order valence-corrected chi connectivity index (χ1v) is 12.9. The Morgan fingerprint density at radius 2 is 1.33 bits per heavy atom. The summed E-state index contributed by atoms with van der Waals surface area (Å²) in [4.78, 5) is 16.7. The third-order valence-electron chi connectivity index (χ3n) is 4.72. The maximum atomic E-state index is 12.3.